The molecule has 2 heterocycles. The van der Waals surface area contributed by atoms with Crippen molar-refractivity contribution in [1.29, 1.82) is 0 Å². The van der Waals surface area contributed by atoms with Crippen LogP contribution in [0.2, 0.25) is 0 Å². The number of hydrogen-bond acceptors (Lipinski definition) is 4. The van der Waals surface area contributed by atoms with E-state index in [0.717, 1.165) is 4.47 Å². The normalized spacial score (nSPS) is 18.1. The molecule has 1 aromatic carbocycles. The highest BCUT2D eigenvalue weighted by molar-refractivity contribution is 9.10. The second-order valence-electron chi connectivity index (χ2n) is 4.67. The lowest BCUT2D eigenvalue weighted by Crippen LogP contribution is -2.34. The Hall–Kier alpha value is -2.21. The molecule has 6 heteroatoms. The third kappa shape index (κ3) is 2.80. The van der Waals surface area contributed by atoms with E-state index in [2.05, 4.69) is 26.2 Å². The van der Waals surface area contributed by atoms with Crippen molar-refractivity contribution in [3.63, 3.8) is 0 Å². The van der Waals surface area contributed by atoms with Gasteiger partial charge in [-0.05, 0) is 40.2 Å². The number of para-hydroxylation sites is 1. The predicted octanol–water partition coefficient (Wildman–Crippen LogP) is 2.59. The molecule has 1 N–H and O–H groups in total. The van der Waals surface area contributed by atoms with Crippen molar-refractivity contribution in [2.75, 3.05) is 10.2 Å². The average Bonchev–Trinajstić information content (AvgIpc) is 2.77. The first-order chi connectivity index (χ1) is 10.1. The highest BCUT2D eigenvalue weighted by Crippen LogP contribution is 2.24. The van der Waals surface area contributed by atoms with E-state index in [1.807, 2.05) is 12.1 Å². The molecule has 0 saturated carbocycles. The topological polar surface area (TPSA) is 62.3 Å². The van der Waals surface area contributed by atoms with Crippen LogP contribution in [0.1, 0.15) is 6.42 Å². The highest BCUT2D eigenvalue weighted by atomic mass is 79.9. The molecule has 1 unspecified atom stereocenters. The zero-order valence-electron chi connectivity index (χ0n) is 11.0. The van der Waals surface area contributed by atoms with E-state index in [4.69, 9.17) is 0 Å². The maximum absolute atomic E-state index is 12.4. The second kappa shape index (κ2) is 5.65. The zero-order chi connectivity index (χ0) is 14.8. The van der Waals surface area contributed by atoms with Gasteiger partial charge in [0, 0.05) is 10.7 Å². The van der Waals surface area contributed by atoms with E-state index >= 15 is 0 Å². The third-order valence-electron chi connectivity index (χ3n) is 3.21. The number of benzene rings is 1. The molecule has 1 aliphatic heterocycles. The number of halogens is 1. The molecule has 0 aliphatic carbocycles. The van der Waals surface area contributed by atoms with E-state index in [-0.39, 0.29) is 18.2 Å². The SMILES string of the molecule is O=C1CC(Nc2ccc(Br)cn2)C(=O)N1c1ccccc1. The number of hydrogen-bond donors (Lipinski definition) is 1. The van der Waals surface area contributed by atoms with Gasteiger partial charge in [0.25, 0.3) is 5.91 Å². The first kappa shape index (κ1) is 13.8. The summed E-state index contributed by atoms with van der Waals surface area (Å²) in [5, 5.41) is 3.00. The Morgan fingerprint density at radius 2 is 1.90 bits per heavy atom. The monoisotopic (exact) mass is 345 g/mol. The van der Waals surface area contributed by atoms with Gasteiger partial charge < -0.3 is 5.32 Å². The van der Waals surface area contributed by atoms with E-state index < -0.39 is 6.04 Å². The molecular formula is C15H12BrN3O2. The quantitative estimate of drug-likeness (QED) is 0.868. The molecule has 3 rings (SSSR count). The molecular weight excluding hydrogens is 334 g/mol. The van der Waals surface area contributed by atoms with Crippen LogP contribution in [-0.4, -0.2) is 22.8 Å². The van der Waals surface area contributed by atoms with Crippen LogP contribution >= 0.6 is 15.9 Å². The molecule has 21 heavy (non-hydrogen) atoms. The summed E-state index contributed by atoms with van der Waals surface area (Å²) in [6.07, 6.45) is 1.77. The molecule has 5 nitrogen and oxygen atoms in total. The van der Waals surface area contributed by atoms with Gasteiger partial charge in [-0.15, -0.1) is 0 Å². The first-order valence-corrected chi connectivity index (χ1v) is 7.24. The molecule has 2 aromatic rings. The Labute approximate surface area is 130 Å². The lowest BCUT2D eigenvalue weighted by atomic mass is 10.2. The van der Waals surface area contributed by atoms with Crippen LogP contribution in [0.4, 0.5) is 11.5 Å². The van der Waals surface area contributed by atoms with E-state index in [1.54, 1.807) is 36.5 Å². The summed E-state index contributed by atoms with van der Waals surface area (Å²) in [6, 6.07) is 11.9. The van der Waals surface area contributed by atoms with Gasteiger partial charge in [-0.2, -0.15) is 0 Å². The van der Waals surface area contributed by atoms with Gasteiger partial charge in [0.2, 0.25) is 5.91 Å². The van der Waals surface area contributed by atoms with E-state index in [9.17, 15) is 9.59 Å². The maximum atomic E-state index is 12.4. The number of anilines is 2. The minimum absolute atomic E-state index is 0.130. The average molecular weight is 346 g/mol. The number of pyridine rings is 1. The lowest BCUT2D eigenvalue weighted by Gasteiger charge is -2.15. The molecule has 2 amide bonds. The molecule has 1 aliphatic rings. The van der Waals surface area contributed by atoms with Gasteiger partial charge in [-0.3, -0.25) is 9.59 Å². The van der Waals surface area contributed by atoms with Crippen molar-refractivity contribution in [1.82, 2.24) is 4.98 Å². The summed E-state index contributed by atoms with van der Waals surface area (Å²) in [7, 11) is 0. The summed E-state index contributed by atoms with van der Waals surface area (Å²) in [6.45, 7) is 0. The number of aromatic nitrogens is 1. The van der Waals surface area contributed by atoms with E-state index in [0.29, 0.717) is 11.5 Å². The Balaban J connectivity index is 1.79. The smallest absolute Gasteiger partial charge is 0.256 e. The van der Waals surface area contributed by atoms with Gasteiger partial charge in [-0.1, -0.05) is 18.2 Å². The largest absolute Gasteiger partial charge is 0.358 e. The second-order valence-corrected chi connectivity index (χ2v) is 5.58. The number of nitrogens with one attached hydrogen (secondary N) is 1. The van der Waals surface area contributed by atoms with Crippen LogP contribution < -0.4 is 10.2 Å². The number of nitrogens with zero attached hydrogens (tertiary/aromatic N) is 2. The fourth-order valence-corrected chi connectivity index (χ4v) is 2.47. The summed E-state index contributed by atoms with van der Waals surface area (Å²) in [4.78, 5) is 29.8. The fraction of sp³-hybridized carbons (Fsp3) is 0.133. The standard InChI is InChI=1S/C15H12BrN3O2/c16-10-6-7-13(17-9-10)18-12-8-14(20)19(15(12)21)11-4-2-1-3-5-11/h1-7,9,12H,8H2,(H,17,18). The molecule has 1 aromatic heterocycles. The highest BCUT2D eigenvalue weighted by Gasteiger charge is 2.39. The van der Waals surface area contributed by atoms with Gasteiger partial charge in [0.15, 0.2) is 0 Å². The first-order valence-electron chi connectivity index (χ1n) is 6.45. The van der Waals surface area contributed by atoms with Gasteiger partial charge >= 0.3 is 0 Å². The Bertz CT molecular complexity index is 673. The Kier molecular flexibility index (Phi) is 3.70. The van der Waals surface area contributed by atoms with Gasteiger partial charge in [-0.25, -0.2) is 9.88 Å². The predicted molar refractivity (Wildman–Crippen MR) is 82.9 cm³/mol. The number of carbonyl (C=O) groups excluding carboxylic acids is 2. The van der Waals surface area contributed by atoms with E-state index in [1.165, 1.54) is 4.90 Å². The van der Waals surface area contributed by atoms with Crippen LogP contribution in [0.25, 0.3) is 0 Å². The third-order valence-corrected chi connectivity index (χ3v) is 3.68. The summed E-state index contributed by atoms with van der Waals surface area (Å²) >= 11 is 3.30. The molecule has 0 spiro atoms. The molecule has 106 valence electrons. The number of imide groups is 1. The van der Waals surface area contributed by atoms with Crippen LogP contribution in [0, 0.1) is 0 Å². The summed E-state index contributed by atoms with van der Waals surface area (Å²) in [5.41, 5.74) is 0.598. The lowest BCUT2D eigenvalue weighted by molar-refractivity contribution is -0.121. The van der Waals surface area contributed by atoms with Crippen molar-refractivity contribution in [2.45, 2.75) is 12.5 Å². The number of rotatable bonds is 3. The van der Waals surface area contributed by atoms with Crippen LogP contribution in [0.15, 0.2) is 53.1 Å². The van der Waals surface area contributed by atoms with Crippen molar-refractivity contribution < 1.29 is 9.59 Å². The summed E-state index contributed by atoms with van der Waals surface area (Å²) in [5.74, 6) is 0.107. The van der Waals surface area contributed by atoms with Gasteiger partial charge in [0.1, 0.15) is 11.9 Å². The summed E-state index contributed by atoms with van der Waals surface area (Å²) < 4.78 is 0.854. The fourth-order valence-electron chi connectivity index (χ4n) is 2.23. The zero-order valence-corrected chi connectivity index (χ0v) is 12.6. The number of amides is 2. The van der Waals surface area contributed by atoms with Crippen molar-refractivity contribution in [2.24, 2.45) is 0 Å². The van der Waals surface area contributed by atoms with Crippen LogP contribution in [-0.2, 0) is 9.59 Å². The van der Waals surface area contributed by atoms with Crippen molar-refractivity contribution >= 4 is 39.2 Å². The Morgan fingerprint density at radius 1 is 1.14 bits per heavy atom. The minimum Gasteiger partial charge on any atom is -0.358 e. The molecule has 0 radical (unpaired) electrons. The maximum Gasteiger partial charge on any atom is 0.256 e. The molecule has 1 saturated heterocycles. The van der Waals surface area contributed by atoms with Crippen LogP contribution in [0.5, 0.6) is 0 Å². The van der Waals surface area contributed by atoms with Gasteiger partial charge in [0.05, 0.1) is 12.1 Å². The van der Waals surface area contributed by atoms with Crippen molar-refractivity contribution in [3.8, 4) is 0 Å². The molecule has 0 bridgehead atoms. The Morgan fingerprint density at radius 3 is 2.57 bits per heavy atom. The number of carbonyl (C=O) groups is 2. The minimum atomic E-state index is -0.577. The molecule has 1 atom stereocenters. The van der Waals surface area contributed by atoms with Crippen molar-refractivity contribution in [3.05, 3.63) is 53.1 Å². The molecule has 1 fully saturated rings. The van der Waals surface area contributed by atoms with Crippen LogP contribution in [0.3, 0.4) is 0 Å².